The van der Waals surface area contributed by atoms with E-state index in [4.69, 9.17) is 14.2 Å². The van der Waals surface area contributed by atoms with E-state index in [2.05, 4.69) is 30.8 Å². The van der Waals surface area contributed by atoms with E-state index in [1.165, 1.54) is 13.5 Å². The summed E-state index contributed by atoms with van der Waals surface area (Å²) in [4.78, 5) is 35.3. The van der Waals surface area contributed by atoms with Gasteiger partial charge in [-0.3, -0.25) is 0 Å². The van der Waals surface area contributed by atoms with Crippen LogP contribution < -0.4 is 5.32 Å². The monoisotopic (exact) mass is 417 g/mol. The highest BCUT2D eigenvalue weighted by Gasteiger charge is 2.25. The van der Waals surface area contributed by atoms with Gasteiger partial charge in [-0.05, 0) is 44.4 Å². The second-order valence-corrected chi connectivity index (χ2v) is 7.86. The Balaban J connectivity index is 4.25. The van der Waals surface area contributed by atoms with Gasteiger partial charge in [-0.2, -0.15) is 0 Å². The van der Waals surface area contributed by atoms with Crippen LogP contribution in [0, 0.1) is 11.8 Å². The number of rotatable bonds is 14. The van der Waals surface area contributed by atoms with E-state index >= 15 is 0 Å². The third-order valence-corrected chi connectivity index (χ3v) is 4.36. The van der Waals surface area contributed by atoms with Crippen molar-refractivity contribution in [2.75, 3.05) is 20.3 Å². The summed E-state index contributed by atoms with van der Waals surface area (Å²) < 4.78 is 19.7. The number of hydrogen-bond donors (Lipinski definition) is 1. The fraction of sp³-hybridized carbons (Fsp3) is 0.857. The van der Waals surface area contributed by atoms with Crippen molar-refractivity contribution in [2.45, 2.75) is 85.3 Å². The summed E-state index contributed by atoms with van der Waals surface area (Å²) >= 11 is 0. The quantitative estimate of drug-likeness (QED) is 0.253. The molecule has 0 saturated heterocycles. The van der Waals surface area contributed by atoms with Crippen LogP contribution in [-0.4, -0.2) is 50.7 Å². The van der Waals surface area contributed by atoms with Gasteiger partial charge in [0, 0.05) is 0 Å². The largest absolute Gasteiger partial charge is 0.508 e. The van der Waals surface area contributed by atoms with Crippen molar-refractivity contribution < 1.29 is 33.3 Å². The lowest BCUT2D eigenvalue weighted by molar-refractivity contribution is -0.144. The number of carbonyl (C=O) groups is 3. The van der Waals surface area contributed by atoms with Crippen LogP contribution in [-0.2, 0) is 23.7 Å². The summed E-state index contributed by atoms with van der Waals surface area (Å²) in [6, 6.07) is -1.16. The highest BCUT2D eigenvalue weighted by Crippen LogP contribution is 2.18. The van der Waals surface area contributed by atoms with Gasteiger partial charge in [-0.25, -0.2) is 14.4 Å². The van der Waals surface area contributed by atoms with Gasteiger partial charge < -0.3 is 24.3 Å². The predicted molar refractivity (Wildman–Crippen MR) is 110 cm³/mol. The molecule has 170 valence electrons. The molecule has 0 fully saturated rings. The molecule has 0 aromatic rings. The summed E-state index contributed by atoms with van der Waals surface area (Å²) in [5, 5.41) is 2.33. The van der Waals surface area contributed by atoms with Crippen molar-refractivity contribution in [1.29, 1.82) is 0 Å². The Bertz CT molecular complexity index is 482. The number of hydrogen-bond acceptors (Lipinski definition) is 7. The average Bonchev–Trinajstić information content (AvgIpc) is 2.63. The second-order valence-electron chi connectivity index (χ2n) is 7.86. The first-order chi connectivity index (χ1) is 13.7. The van der Waals surface area contributed by atoms with Gasteiger partial charge in [0.1, 0.15) is 12.7 Å². The maximum Gasteiger partial charge on any atom is 0.508 e. The van der Waals surface area contributed by atoms with Gasteiger partial charge in [-0.15, -0.1) is 0 Å². The van der Waals surface area contributed by atoms with Crippen LogP contribution in [0.5, 0.6) is 0 Å². The van der Waals surface area contributed by atoms with Gasteiger partial charge in [0.15, 0.2) is 6.04 Å². The molecule has 3 unspecified atom stereocenters. The standard InChI is InChI=1S/C21H39NO7/c1-7-8-12-27-20(24)22-18(19(23)26-6)14-28-21(25)29-17(5)11-9-10-16(4)13-15(2)3/h15-18H,7-14H2,1-6H3,(H,22,24). The first-order valence-electron chi connectivity index (χ1n) is 10.5. The molecule has 8 heteroatoms. The van der Waals surface area contributed by atoms with E-state index in [9.17, 15) is 14.4 Å². The first-order valence-corrected chi connectivity index (χ1v) is 10.5. The molecular formula is C21H39NO7. The Morgan fingerprint density at radius 2 is 1.66 bits per heavy atom. The Morgan fingerprint density at radius 3 is 2.24 bits per heavy atom. The number of methoxy groups -OCH3 is 1. The molecule has 0 bridgehead atoms. The second kappa shape index (κ2) is 15.9. The van der Waals surface area contributed by atoms with E-state index in [1.54, 1.807) is 6.92 Å². The molecule has 1 N–H and O–H groups in total. The maximum atomic E-state index is 11.9. The summed E-state index contributed by atoms with van der Waals surface area (Å²) in [7, 11) is 1.18. The molecule has 0 saturated carbocycles. The maximum absolute atomic E-state index is 11.9. The zero-order valence-corrected chi connectivity index (χ0v) is 18.8. The Labute approximate surface area is 175 Å². The van der Waals surface area contributed by atoms with E-state index < -0.39 is 30.9 Å². The Kier molecular flexibility index (Phi) is 14.8. The molecule has 0 heterocycles. The molecule has 3 atom stereocenters. The van der Waals surface area contributed by atoms with Crippen LogP contribution in [0.4, 0.5) is 9.59 Å². The normalized spacial score (nSPS) is 13.9. The lowest BCUT2D eigenvalue weighted by atomic mass is 9.93. The molecule has 0 aliphatic rings. The topological polar surface area (TPSA) is 100 Å². The molecule has 0 rings (SSSR count). The number of alkyl carbamates (subject to hydrolysis) is 1. The van der Waals surface area contributed by atoms with Crippen molar-refractivity contribution in [3.8, 4) is 0 Å². The van der Waals surface area contributed by atoms with Crippen molar-refractivity contribution in [1.82, 2.24) is 5.32 Å². The zero-order valence-electron chi connectivity index (χ0n) is 18.8. The lowest BCUT2D eigenvalue weighted by Gasteiger charge is -2.18. The smallest absolute Gasteiger partial charge is 0.467 e. The van der Waals surface area contributed by atoms with Crippen LogP contribution in [0.3, 0.4) is 0 Å². The summed E-state index contributed by atoms with van der Waals surface area (Å²) in [5.41, 5.74) is 0. The molecule has 0 aromatic carbocycles. The molecule has 1 amide bonds. The number of nitrogens with one attached hydrogen (secondary N) is 1. The van der Waals surface area contributed by atoms with Crippen LogP contribution >= 0.6 is 0 Å². The van der Waals surface area contributed by atoms with E-state index in [0.717, 1.165) is 25.7 Å². The molecular weight excluding hydrogens is 378 g/mol. The summed E-state index contributed by atoms with van der Waals surface area (Å²) in [6.45, 7) is 10.3. The number of unbranched alkanes of at least 4 members (excludes halogenated alkanes) is 1. The van der Waals surface area contributed by atoms with Crippen LogP contribution in [0.2, 0.25) is 0 Å². The van der Waals surface area contributed by atoms with E-state index in [1.807, 2.05) is 6.92 Å². The van der Waals surface area contributed by atoms with Crippen LogP contribution in [0.1, 0.15) is 73.1 Å². The third-order valence-electron chi connectivity index (χ3n) is 4.36. The minimum atomic E-state index is -1.16. The third kappa shape index (κ3) is 14.6. The van der Waals surface area contributed by atoms with Crippen molar-refractivity contribution in [2.24, 2.45) is 11.8 Å². The average molecular weight is 418 g/mol. The number of amides is 1. The fourth-order valence-electron chi connectivity index (χ4n) is 2.89. The van der Waals surface area contributed by atoms with Crippen molar-refractivity contribution in [3.05, 3.63) is 0 Å². The lowest BCUT2D eigenvalue weighted by Crippen LogP contribution is -2.45. The Hall–Kier alpha value is -1.99. The highest BCUT2D eigenvalue weighted by atomic mass is 16.7. The summed E-state index contributed by atoms with van der Waals surface area (Å²) in [6.07, 6.45) is 3.59. The van der Waals surface area contributed by atoms with Crippen LogP contribution in [0.25, 0.3) is 0 Å². The van der Waals surface area contributed by atoms with Gasteiger partial charge in [0.25, 0.3) is 0 Å². The van der Waals surface area contributed by atoms with Gasteiger partial charge in [-0.1, -0.05) is 40.5 Å². The predicted octanol–water partition coefficient (Wildman–Crippen LogP) is 4.45. The fourth-order valence-corrected chi connectivity index (χ4v) is 2.89. The molecule has 8 nitrogen and oxygen atoms in total. The Morgan fingerprint density at radius 1 is 0.966 bits per heavy atom. The van der Waals surface area contributed by atoms with Gasteiger partial charge in [0.2, 0.25) is 0 Å². The SMILES string of the molecule is CCCCOC(=O)NC(COC(=O)OC(C)CCCC(C)CC(C)C)C(=O)OC. The summed E-state index contributed by atoms with van der Waals surface area (Å²) in [5.74, 6) is 0.574. The molecule has 0 aromatic heterocycles. The minimum Gasteiger partial charge on any atom is -0.467 e. The number of carbonyl (C=O) groups excluding carboxylic acids is 3. The number of ether oxygens (including phenoxy) is 4. The van der Waals surface area contributed by atoms with E-state index in [-0.39, 0.29) is 12.7 Å². The molecule has 29 heavy (non-hydrogen) atoms. The van der Waals surface area contributed by atoms with Crippen LogP contribution in [0.15, 0.2) is 0 Å². The van der Waals surface area contributed by atoms with Crippen molar-refractivity contribution in [3.63, 3.8) is 0 Å². The molecule has 0 spiro atoms. The van der Waals surface area contributed by atoms with Crippen molar-refractivity contribution >= 4 is 18.2 Å². The molecule has 0 aliphatic heterocycles. The molecule has 0 aliphatic carbocycles. The van der Waals surface area contributed by atoms with Gasteiger partial charge in [0.05, 0.1) is 13.7 Å². The molecule has 0 radical (unpaired) electrons. The number of esters is 1. The minimum absolute atomic E-state index is 0.242. The van der Waals surface area contributed by atoms with Gasteiger partial charge >= 0.3 is 18.2 Å². The highest BCUT2D eigenvalue weighted by molar-refractivity contribution is 5.81. The van der Waals surface area contributed by atoms with E-state index in [0.29, 0.717) is 18.3 Å². The zero-order chi connectivity index (χ0) is 22.2. The first kappa shape index (κ1) is 27.0.